The third-order valence-electron chi connectivity index (χ3n) is 10.00. The predicted octanol–water partition coefficient (Wildman–Crippen LogP) is 5.72. The van der Waals surface area contributed by atoms with E-state index in [9.17, 15) is 28.8 Å². The van der Waals surface area contributed by atoms with Crippen LogP contribution in [-0.2, 0) is 28.7 Å². The fourth-order valence-electron chi connectivity index (χ4n) is 7.02. The molecule has 2 fully saturated rings. The van der Waals surface area contributed by atoms with E-state index in [1.54, 1.807) is 0 Å². The summed E-state index contributed by atoms with van der Waals surface area (Å²) in [5.74, 6) is 0.811. The van der Waals surface area contributed by atoms with Gasteiger partial charge in [-0.25, -0.2) is 4.79 Å². The molecule has 0 saturated carbocycles. The van der Waals surface area contributed by atoms with E-state index in [4.69, 9.17) is 4.74 Å². The first kappa shape index (κ1) is 36.9. The largest absolute Gasteiger partial charge is 0.458 e. The number of unbranched alkanes of at least 4 members (excludes halogenated alkanes) is 6. The summed E-state index contributed by atoms with van der Waals surface area (Å²) in [6.45, 7) is 2.46. The van der Waals surface area contributed by atoms with Crippen LogP contribution in [0.4, 0.5) is 4.79 Å². The summed E-state index contributed by atoms with van der Waals surface area (Å²) in [7, 11) is 0. The van der Waals surface area contributed by atoms with Crippen LogP contribution in [0.5, 0.6) is 0 Å². The zero-order valence-electron chi connectivity index (χ0n) is 28.0. The molecule has 0 bridgehead atoms. The van der Waals surface area contributed by atoms with Crippen molar-refractivity contribution < 1.29 is 33.5 Å². The van der Waals surface area contributed by atoms with Crippen molar-refractivity contribution in [3.63, 3.8) is 0 Å². The first-order chi connectivity index (χ1) is 22.6. The number of nitrogens with zero attached hydrogens (tertiary/aromatic N) is 1. The zero-order chi connectivity index (χ0) is 33.6. The van der Waals surface area contributed by atoms with Gasteiger partial charge in [0.2, 0.25) is 0 Å². The monoisotopic (exact) mass is 671 g/mol. The Balaban J connectivity index is 1.00. The Hall–Kier alpha value is -2.95. The molecule has 2 N–H and O–H groups in total. The lowest BCUT2D eigenvalue weighted by Crippen LogP contribution is -2.36. The van der Waals surface area contributed by atoms with Crippen molar-refractivity contribution in [2.75, 3.05) is 12.3 Å². The molecular weight excluding hydrogens is 618 g/mol. The maximum absolute atomic E-state index is 13.2. The Morgan fingerprint density at radius 2 is 1.57 bits per heavy atom. The molecule has 260 valence electrons. The van der Waals surface area contributed by atoms with Gasteiger partial charge in [0.1, 0.15) is 17.7 Å². The van der Waals surface area contributed by atoms with Crippen molar-refractivity contribution in [2.24, 2.45) is 5.41 Å². The standard InChI is InChI=1S/C36H53N3O7S/c1-36(30(41)18-6-4-5-13-26(40)14-8-9-17-29-34-28(25-47-29)37-35(45)38-34)22-11-15-27(16-12-23-36)46-33(44)19-7-2-3-10-24-39-31(42)20-21-32(39)43/h11,15,20-21,27-29,34H,2-10,12-14,16-19,22-25H2,1H3,(H2,37,38,45)/b15-11+. The van der Waals surface area contributed by atoms with E-state index in [-0.39, 0.29) is 47.8 Å². The molecule has 0 aromatic rings. The van der Waals surface area contributed by atoms with Gasteiger partial charge in [0.05, 0.1) is 12.1 Å². The van der Waals surface area contributed by atoms with Gasteiger partial charge in [-0.3, -0.25) is 28.9 Å². The number of carbonyl (C=O) groups is 6. The van der Waals surface area contributed by atoms with Crippen LogP contribution >= 0.6 is 11.8 Å². The summed E-state index contributed by atoms with van der Waals surface area (Å²) in [5.41, 5.74) is -0.406. The summed E-state index contributed by atoms with van der Waals surface area (Å²) in [6, 6.07) is 0.409. The number of fused-ring (bicyclic) bond motifs is 1. The minimum Gasteiger partial charge on any atom is -0.458 e. The van der Waals surface area contributed by atoms with Crippen LogP contribution in [0.25, 0.3) is 0 Å². The van der Waals surface area contributed by atoms with Crippen LogP contribution in [0.1, 0.15) is 122 Å². The highest BCUT2D eigenvalue weighted by molar-refractivity contribution is 8.00. The number of carbonyl (C=O) groups excluding carboxylic acids is 6. The Labute approximate surface area is 283 Å². The number of ketones is 2. The zero-order valence-corrected chi connectivity index (χ0v) is 28.8. The van der Waals surface area contributed by atoms with Gasteiger partial charge in [0, 0.05) is 60.8 Å². The van der Waals surface area contributed by atoms with Crippen molar-refractivity contribution in [3.8, 4) is 0 Å². The molecule has 11 heteroatoms. The van der Waals surface area contributed by atoms with Gasteiger partial charge in [-0.15, -0.1) is 0 Å². The average molecular weight is 672 g/mol. The second-order valence-electron chi connectivity index (χ2n) is 13.8. The molecule has 5 unspecified atom stereocenters. The van der Waals surface area contributed by atoms with Crippen LogP contribution in [0, 0.1) is 5.41 Å². The van der Waals surface area contributed by atoms with Crippen molar-refractivity contribution in [3.05, 3.63) is 24.3 Å². The van der Waals surface area contributed by atoms with Crippen molar-refractivity contribution in [2.45, 2.75) is 146 Å². The SMILES string of the molecule is CC1(C(=O)CCCCCC(=O)CCCCC2SCC3NC(=O)NC32)C/C=C/C(OC(=O)CCCCCCN2C(=O)C=CC2=O)CCC1. The summed E-state index contributed by atoms with van der Waals surface area (Å²) in [5, 5.41) is 6.43. The number of Topliss-reactive ketones (excluding diaryl/α,β-unsaturated/α-hetero) is 2. The van der Waals surface area contributed by atoms with Crippen LogP contribution in [0.2, 0.25) is 0 Å². The summed E-state index contributed by atoms with van der Waals surface area (Å²) in [6.07, 6.45) is 19.8. The molecule has 0 aromatic heterocycles. The molecule has 0 spiro atoms. The highest BCUT2D eigenvalue weighted by Gasteiger charge is 2.42. The van der Waals surface area contributed by atoms with E-state index < -0.39 is 5.41 Å². The predicted molar refractivity (Wildman–Crippen MR) is 182 cm³/mol. The van der Waals surface area contributed by atoms with Crippen LogP contribution in [0.3, 0.4) is 0 Å². The normalized spacial score (nSPS) is 27.6. The number of hydrogen-bond donors (Lipinski definition) is 2. The second-order valence-corrected chi connectivity index (χ2v) is 15.1. The number of nitrogens with one attached hydrogen (secondary N) is 2. The number of esters is 1. The quantitative estimate of drug-likeness (QED) is 0.0551. The molecule has 4 amide bonds. The smallest absolute Gasteiger partial charge is 0.315 e. The molecule has 3 aliphatic heterocycles. The Kier molecular flexibility index (Phi) is 14.6. The topological polar surface area (TPSA) is 139 Å². The Morgan fingerprint density at radius 1 is 0.894 bits per heavy atom. The van der Waals surface area contributed by atoms with Crippen molar-refractivity contribution in [1.82, 2.24) is 15.5 Å². The Morgan fingerprint density at radius 3 is 2.36 bits per heavy atom. The highest BCUT2D eigenvalue weighted by Crippen LogP contribution is 2.35. The van der Waals surface area contributed by atoms with Gasteiger partial charge >= 0.3 is 12.0 Å². The third kappa shape index (κ3) is 11.6. The second kappa shape index (κ2) is 18.6. The van der Waals surface area contributed by atoms with E-state index >= 15 is 0 Å². The number of imide groups is 1. The van der Waals surface area contributed by atoms with Gasteiger partial charge in [0.15, 0.2) is 0 Å². The van der Waals surface area contributed by atoms with Gasteiger partial charge < -0.3 is 15.4 Å². The van der Waals surface area contributed by atoms with E-state index in [0.29, 0.717) is 62.5 Å². The fourth-order valence-corrected chi connectivity index (χ4v) is 8.56. The lowest BCUT2D eigenvalue weighted by molar-refractivity contribution is -0.147. The summed E-state index contributed by atoms with van der Waals surface area (Å²) >= 11 is 1.91. The first-order valence-electron chi connectivity index (χ1n) is 17.8. The molecule has 1 aliphatic carbocycles. The molecule has 0 aromatic carbocycles. The van der Waals surface area contributed by atoms with Crippen LogP contribution < -0.4 is 10.6 Å². The summed E-state index contributed by atoms with van der Waals surface area (Å²) in [4.78, 5) is 73.8. The fraction of sp³-hybridized carbons (Fsp3) is 0.722. The van der Waals surface area contributed by atoms with Crippen LogP contribution in [0.15, 0.2) is 24.3 Å². The first-order valence-corrected chi connectivity index (χ1v) is 18.8. The minimum absolute atomic E-state index is 0.0589. The minimum atomic E-state index is -0.406. The van der Waals surface area contributed by atoms with Crippen molar-refractivity contribution >= 4 is 47.1 Å². The molecular formula is C36H53N3O7S. The molecule has 0 radical (unpaired) electrons. The number of allylic oxidation sites excluding steroid dienone is 1. The average Bonchev–Trinajstić information content (AvgIpc) is 3.69. The van der Waals surface area contributed by atoms with Gasteiger partial charge in [-0.2, -0.15) is 11.8 Å². The van der Waals surface area contributed by atoms with Crippen LogP contribution in [-0.4, -0.2) is 76.0 Å². The lowest BCUT2D eigenvalue weighted by atomic mass is 9.75. The maximum Gasteiger partial charge on any atom is 0.315 e. The molecule has 5 atom stereocenters. The molecule has 2 saturated heterocycles. The maximum atomic E-state index is 13.2. The van der Waals surface area contributed by atoms with Gasteiger partial charge in [0.25, 0.3) is 11.8 Å². The number of urea groups is 1. The summed E-state index contributed by atoms with van der Waals surface area (Å²) < 4.78 is 5.69. The highest BCUT2D eigenvalue weighted by atomic mass is 32.2. The number of amides is 4. The van der Waals surface area contributed by atoms with Gasteiger partial charge in [-0.1, -0.05) is 38.7 Å². The number of ether oxygens (including phenoxy) is 1. The van der Waals surface area contributed by atoms with E-state index in [1.807, 2.05) is 30.8 Å². The third-order valence-corrected chi connectivity index (χ3v) is 11.5. The molecule has 47 heavy (non-hydrogen) atoms. The molecule has 3 heterocycles. The van der Waals surface area contributed by atoms with Crippen molar-refractivity contribution in [1.29, 1.82) is 0 Å². The lowest BCUT2D eigenvalue weighted by Gasteiger charge is -2.29. The van der Waals surface area contributed by atoms with Gasteiger partial charge in [-0.05, 0) is 70.3 Å². The molecule has 10 nitrogen and oxygen atoms in total. The molecule has 4 aliphatic rings. The molecule has 4 rings (SSSR count). The number of hydrogen-bond acceptors (Lipinski definition) is 8. The van der Waals surface area contributed by atoms with E-state index in [0.717, 1.165) is 76.4 Å². The number of rotatable bonds is 20. The Bertz CT molecular complexity index is 1180. The number of thioether (sulfide) groups is 1. The van der Waals surface area contributed by atoms with E-state index in [1.165, 1.54) is 17.1 Å². The van der Waals surface area contributed by atoms with E-state index in [2.05, 4.69) is 10.6 Å².